The quantitative estimate of drug-likeness (QED) is 0.574. The molecule has 0 amide bonds. The van der Waals surface area contributed by atoms with Crippen molar-refractivity contribution < 1.29 is 13.3 Å². The van der Waals surface area contributed by atoms with Crippen LogP contribution in [-0.4, -0.2) is 29.9 Å². The fourth-order valence-electron chi connectivity index (χ4n) is 2.70. The third-order valence-electron chi connectivity index (χ3n) is 4.00. The normalized spacial score (nSPS) is 18.4. The molecule has 1 heterocycles. The van der Waals surface area contributed by atoms with Gasteiger partial charge in [-0.25, -0.2) is 8.42 Å². The molecule has 0 bridgehead atoms. The Morgan fingerprint density at radius 1 is 1.28 bits per heavy atom. The highest BCUT2D eigenvalue weighted by Crippen LogP contribution is 2.43. The number of rotatable bonds is 4. The number of nitro benzene ring substituents is 1. The van der Waals surface area contributed by atoms with Gasteiger partial charge >= 0.3 is 0 Å². The Morgan fingerprint density at radius 3 is 2.68 bits per heavy atom. The summed E-state index contributed by atoms with van der Waals surface area (Å²) >= 11 is 7.71. The van der Waals surface area contributed by atoms with Gasteiger partial charge in [0.25, 0.3) is 5.69 Å². The van der Waals surface area contributed by atoms with Crippen LogP contribution in [0.2, 0.25) is 5.02 Å². The number of hydrogen-bond acceptors (Lipinski definition) is 5. The second-order valence-corrected chi connectivity index (χ2v) is 9.05. The number of halogens is 1. The molecule has 0 N–H and O–H groups in total. The third-order valence-corrected chi connectivity index (χ3v) is 7.58. The molecule has 9 heteroatoms. The fourth-order valence-corrected chi connectivity index (χ4v) is 6.30. The molecule has 2 aromatic rings. The minimum absolute atomic E-state index is 0.0793. The highest BCUT2D eigenvalue weighted by Gasteiger charge is 2.38. The van der Waals surface area contributed by atoms with E-state index in [2.05, 4.69) is 0 Å². The van der Waals surface area contributed by atoms with Crippen LogP contribution in [0, 0.1) is 17.0 Å². The molecule has 0 radical (unpaired) electrons. The Bertz CT molecular complexity index is 933. The molecule has 0 spiro atoms. The molecule has 25 heavy (non-hydrogen) atoms. The van der Waals surface area contributed by atoms with Crippen LogP contribution in [0.25, 0.3) is 0 Å². The summed E-state index contributed by atoms with van der Waals surface area (Å²) in [6.07, 6.45) is 0. The van der Waals surface area contributed by atoms with Crippen molar-refractivity contribution in [2.45, 2.75) is 17.2 Å². The van der Waals surface area contributed by atoms with E-state index in [-0.39, 0.29) is 10.6 Å². The van der Waals surface area contributed by atoms with Crippen LogP contribution in [0.1, 0.15) is 16.5 Å². The summed E-state index contributed by atoms with van der Waals surface area (Å²) in [7, 11) is -3.88. The van der Waals surface area contributed by atoms with Crippen LogP contribution >= 0.6 is 23.4 Å². The van der Waals surface area contributed by atoms with Gasteiger partial charge in [-0.1, -0.05) is 35.9 Å². The van der Waals surface area contributed by atoms with Gasteiger partial charge in [0.05, 0.1) is 15.2 Å². The predicted octanol–water partition coefficient (Wildman–Crippen LogP) is 3.99. The fraction of sp³-hybridized carbons (Fsp3) is 0.250. The highest BCUT2D eigenvalue weighted by atomic mass is 35.5. The zero-order valence-electron chi connectivity index (χ0n) is 13.3. The van der Waals surface area contributed by atoms with E-state index < -0.39 is 20.3 Å². The van der Waals surface area contributed by atoms with Crippen LogP contribution in [0.5, 0.6) is 0 Å². The monoisotopic (exact) mass is 398 g/mol. The van der Waals surface area contributed by atoms with E-state index >= 15 is 0 Å². The van der Waals surface area contributed by atoms with E-state index in [0.29, 0.717) is 22.9 Å². The van der Waals surface area contributed by atoms with Crippen molar-refractivity contribution in [2.24, 2.45) is 0 Å². The minimum atomic E-state index is -3.88. The number of thioether (sulfide) groups is 1. The number of hydrogen-bond donors (Lipinski definition) is 0. The van der Waals surface area contributed by atoms with Gasteiger partial charge in [0.1, 0.15) is 0 Å². The van der Waals surface area contributed by atoms with Gasteiger partial charge in [-0.2, -0.15) is 4.31 Å². The van der Waals surface area contributed by atoms with Crippen LogP contribution < -0.4 is 0 Å². The second-order valence-electron chi connectivity index (χ2n) is 5.57. The maximum atomic E-state index is 13.1. The highest BCUT2D eigenvalue weighted by molar-refractivity contribution is 8.01. The molecular weight excluding hydrogens is 384 g/mol. The van der Waals surface area contributed by atoms with Crippen LogP contribution in [0.3, 0.4) is 0 Å². The molecule has 6 nitrogen and oxygen atoms in total. The molecule has 1 aliphatic rings. The first-order chi connectivity index (χ1) is 11.8. The van der Waals surface area contributed by atoms with Crippen molar-refractivity contribution in [1.82, 2.24) is 4.31 Å². The summed E-state index contributed by atoms with van der Waals surface area (Å²) in [5.74, 6) is 0.628. The molecule has 1 aliphatic heterocycles. The van der Waals surface area contributed by atoms with E-state index in [1.165, 1.54) is 28.2 Å². The molecule has 1 fully saturated rings. The average Bonchev–Trinajstić information content (AvgIpc) is 3.05. The van der Waals surface area contributed by atoms with Crippen molar-refractivity contribution in [3.8, 4) is 0 Å². The number of benzene rings is 2. The summed E-state index contributed by atoms with van der Waals surface area (Å²) in [6.45, 7) is 1.90. The standard InChI is InChI=1S/C16H15ClN2O4S2/c1-11-6-7-12(10-15(11)19(20)21)25(22,23)18-8-9-24-16(18)13-4-2-3-5-14(13)17/h2-7,10,16H,8-9H2,1H3. The van der Waals surface area contributed by atoms with Gasteiger partial charge in [-0.05, 0) is 24.6 Å². The summed E-state index contributed by atoms with van der Waals surface area (Å²) in [4.78, 5) is 10.5. The van der Waals surface area contributed by atoms with Crippen molar-refractivity contribution in [2.75, 3.05) is 12.3 Å². The van der Waals surface area contributed by atoms with Gasteiger partial charge in [0.15, 0.2) is 0 Å². The predicted molar refractivity (Wildman–Crippen MR) is 98.4 cm³/mol. The Kier molecular flexibility index (Phi) is 5.06. The van der Waals surface area contributed by atoms with Crippen molar-refractivity contribution in [3.05, 3.63) is 68.7 Å². The first kappa shape index (κ1) is 18.2. The molecule has 2 aromatic carbocycles. The maximum Gasteiger partial charge on any atom is 0.273 e. The lowest BCUT2D eigenvalue weighted by Gasteiger charge is -2.24. The molecule has 0 aromatic heterocycles. The molecule has 3 rings (SSSR count). The first-order valence-corrected chi connectivity index (χ1v) is 10.3. The lowest BCUT2D eigenvalue weighted by molar-refractivity contribution is -0.385. The molecule has 1 unspecified atom stereocenters. The molecule has 0 saturated carbocycles. The van der Waals surface area contributed by atoms with Gasteiger partial charge < -0.3 is 0 Å². The smallest absolute Gasteiger partial charge is 0.258 e. The lowest BCUT2D eigenvalue weighted by Crippen LogP contribution is -2.30. The summed E-state index contributed by atoms with van der Waals surface area (Å²) in [6, 6.07) is 11.1. The molecule has 1 saturated heterocycles. The number of sulfonamides is 1. The van der Waals surface area contributed by atoms with Crippen LogP contribution in [0.4, 0.5) is 5.69 Å². The van der Waals surface area contributed by atoms with Crippen LogP contribution in [-0.2, 0) is 10.0 Å². The van der Waals surface area contributed by atoms with E-state index in [1.54, 1.807) is 25.1 Å². The molecule has 1 atom stereocenters. The molecule has 0 aliphatic carbocycles. The van der Waals surface area contributed by atoms with Crippen molar-refractivity contribution >= 4 is 39.1 Å². The largest absolute Gasteiger partial charge is 0.273 e. The van der Waals surface area contributed by atoms with E-state index in [4.69, 9.17) is 11.6 Å². The van der Waals surface area contributed by atoms with Crippen molar-refractivity contribution in [1.29, 1.82) is 0 Å². The maximum absolute atomic E-state index is 13.1. The number of nitro groups is 1. The Labute approximate surface area is 155 Å². The minimum Gasteiger partial charge on any atom is -0.258 e. The van der Waals surface area contributed by atoms with E-state index in [0.717, 1.165) is 11.6 Å². The van der Waals surface area contributed by atoms with Gasteiger partial charge in [0.2, 0.25) is 10.0 Å². The summed E-state index contributed by atoms with van der Waals surface area (Å²) in [5, 5.41) is 11.2. The topological polar surface area (TPSA) is 80.5 Å². The lowest BCUT2D eigenvalue weighted by atomic mass is 10.2. The zero-order chi connectivity index (χ0) is 18.2. The van der Waals surface area contributed by atoms with E-state index in [1.807, 2.05) is 6.07 Å². The summed E-state index contributed by atoms with van der Waals surface area (Å²) < 4.78 is 27.5. The van der Waals surface area contributed by atoms with Gasteiger partial charge in [0, 0.05) is 29.0 Å². The SMILES string of the molecule is Cc1ccc(S(=O)(=O)N2CCSC2c2ccccc2Cl)cc1[N+](=O)[O-]. The average molecular weight is 399 g/mol. The molecule has 132 valence electrons. The number of aryl methyl sites for hydroxylation is 1. The van der Waals surface area contributed by atoms with Gasteiger partial charge in [-0.15, -0.1) is 11.8 Å². The summed E-state index contributed by atoms with van der Waals surface area (Å²) in [5.41, 5.74) is 0.932. The Balaban J connectivity index is 2.04. The van der Waals surface area contributed by atoms with Crippen molar-refractivity contribution in [3.63, 3.8) is 0 Å². The Hall–Kier alpha value is -1.61. The zero-order valence-corrected chi connectivity index (χ0v) is 15.6. The molecular formula is C16H15ClN2O4S2. The van der Waals surface area contributed by atoms with Crippen LogP contribution in [0.15, 0.2) is 47.4 Å². The first-order valence-electron chi connectivity index (χ1n) is 7.45. The number of nitrogens with zero attached hydrogens (tertiary/aromatic N) is 2. The second kappa shape index (κ2) is 6.95. The van der Waals surface area contributed by atoms with E-state index in [9.17, 15) is 18.5 Å². The van der Waals surface area contributed by atoms with Gasteiger partial charge in [-0.3, -0.25) is 10.1 Å². The Morgan fingerprint density at radius 2 is 2.00 bits per heavy atom. The third kappa shape index (κ3) is 3.39.